The maximum atomic E-state index is 13.9. The molecule has 2 saturated heterocycles. The second-order valence-electron chi connectivity index (χ2n) is 11.1. The van der Waals surface area contributed by atoms with Crippen LogP contribution in [0.2, 0.25) is 0 Å². The molecule has 1 aromatic heterocycles. The number of hydrogen-bond acceptors (Lipinski definition) is 11. The number of benzene rings is 1. The second-order valence-corrected chi connectivity index (χ2v) is 13.8. The van der Waals surface area contributed by atoms with Crippen molar-refractivity contribution >= 4 is 41.6 Å². The van der Waals surface area contributed by atoms with Crippen molar-refractivity contribution < 1.29 is 33.5 Å². The minimum atomic E-state index is -1.41. The van der Waals surface area contributed by atoms with Crippen LogP contribution >= 0.6 is 35.7 Å². The Balaban J connectivity index is 0.00000141. The summed E-state index contributed by atoms with van der Waals surface area (Å²) in [6, 6.07) is 10.8. The molecule has 44 heavy (non-hydrogen) atoms. The summed E-state index contributed by atoms with van der Waals surface area (Å²) in [5.41, 5.74) is 1.32. The Kier molecular flexibility index (Phi) is 13.4. The van der Waals surface area contributed by atoms with Crippen LogP contribution in [0.1, 0.15) is 13.3 Å². The average Bonchev–Trinajstić information content (AvgIpc) is 3.17. The molecule has 0 bridgehead atoms. The summed E-state index contributed by atoms with van der Waals surface area (Å²) in [6.45, 7) is 3.18. The van der Waals surface area contributed by atoms with Crippen LogP contribution in [-0.4, -0.2) is 117 Å². The molecule has 0 aliphatic carbocycles. The number of nitrogens with zero attached hydrogens (tertiary/aromatic N) is 2. The number of ether oxygens (including phenoxy) is 2. The molecule has 1 amide bonds. The summed E-state index contributed by atoms with van der Waals surface area (Å²) < 4.78 is 22.5. The van der Waals surface area contributed by atoms with Crippen LogP contribution in [0.4, 0.5) is 3.89 Å². The molecule has 0 spiro atoms. The summed E-state index contributed by atoms with van der Waals surface area (Å²) in [4.78, 5) is 21.1. The van der Waals surface area contributed by atoms with Gasteiger partial charge in [0.2, 0.25) is 5.91 Å². The van der Waals surface area contributed by atoms with Gasteiger partial charge in [-0.1, -0.05) is 37.3 Å². The van der Waals surface area contributed by atoms with Gasteiger partial charge in [0.05, 0.1) is 18.8 Å². The SMILES string of the molecule is CSC1O[C@H]([C@H](NC(=O)[C@@H]2[C@@H]3OCC=CC[C@H]3CN2C)[C@H](C)Sc2ccc(-c3cccnc3)cc2)C(O)[C@@H](O)[C@H]1O.CSF. The number of allylic oxidation sites excluding steroid dienone is 1. The number of likely N-dealkylation sites (N-methyl/N-ethyl adjacent to an activating group) is 1. The minimum Gasteiger partial charge on any atom is -0.388 e. The number of thioether (sulfide) groups is 2. The maximum Gasteiger partial charge on any atom is 0.240 e. The second kappa shape index (κ2) is 16.8. The van der Waals surface area contributed by atoms with Crippen molar-refractivity contribution in [1.82, 2.24) is 15.2 Å². The van der Waals surface area contributed by atoms with Gasteiger partial charge in [0.15, 0.2) is 0 Å². The lowest BCUT2D eigenvalue weighted by molar-refractivity contribution is -0.205. The van der Waals surface area contributed by atoms with Crippen LogP contribution < -0.4 is 5.32 Å². The Bertz CT molecular complexity index is 1210. The molecule has 5 rings (SSSR count). The minimum absolute atomic E-state index is 0.205. The Morgan fingerprint density at radius 1 is 1.09 bits per heavy atom. The third-order valence-corrected chi connectivity index (χ3v) is 10.3. The molecular formula is C31H42FN3O6S3. The van der Waals surface area contributed by atoms with Crippen molar-refractivity contribution in [2.75, 3.05) is 32.7 Å². The van der Waals surface area contributed by atoms with Crippen LogP contribution in [-0.2, 0) is 14.3 Å². The van der Waals surface area contributed by atoms with Gasteiger partial charge in [-0.25, -0.2) is 0 Å². The van der Waals surface area contributed by atoms with E-state index in [1.807, 2.05) is 67.5 Å². The predicted octanol–water partition coefficient (Wildman–Crippen LogP) is 3.39. The topological polar surface area (TPSA) is 124 Å². The molecule has 242 valence electrons. The molecule has 2 unspecified atom stereocenters. The summed E-state index contributed by atoms with van der Waals surface area (Å²) >= 11 is 3.05. The van der Waals surface area contributed by atoms with E-state index in [1.54, 1.807) is 24.2 Å². The van der Waals surface area contributed by atoms with E-state index in [-0.39, 0.29) is 35.3 Å². The van der Waals surface area contributed by atoms with Crippen molar-refractivity contribution in [3.63, 3.8) is 0 Å². The van der Waals surface area contributed by atoms with Crippen LogP contribution in [0.25, 0.3) is 11.1 Å². The van der Waals surface area contributed by atoms with Gasteiger partial charge in [0.1, 0.15) is 35.9 Å². The normalized spacial score (nSPS) is 31.6. The molecule has 1 aromatic carbocycles. The fraction of sp³-hybridized carbons (Fsp3) is 0.548. The van der Waals surface area contributed by atoms with Gasteiger partial charge in [-0.3, -0.25) is 14.7 Å². The zero-order valence-electron chi connectivity index (χ0n) is 25.2. The number of pyridine rings is 1. The van der Waals surface area contributed by atoms with Crippen molar-refractivity contribution in [3.05, 3.63) is 60.9 Å². The lowest BCUT2D eigenvalue weighted by Gasteiger charge is -2.45. The summed E-state index contributed by atoms with van der Waals surface area (Å²) in [5, 5.41) is 35.2. The van der Waals surface area contributed by atoms with E-state index in [0.717, 1.165) is 29.0 Å². The highest BCUT2D eigenvalue weighted by Gasteiger charge is 2.50. The molecule has 2 fully saturated rings. The standard InChI is InChI=1S/C30H39N3O6S2.CH3FS/c1-17(41-21-11-9-18(10-12-21)19-8-6-13-31-15-19)22(28-25(35)24(34)26(36)30(39-28)40-3)32-29(37)23-27-20(16-33(23)2)7-4-5-14-38-27;1-3-2/h4-6,8-13,15,17,20,22-28,30,34-36H,7,14,16H2,1-3H3,(H,32,37);1H3/t17-,20-,22+,23-,24+,25?,26+,27+,28+,30?;/m0./s1. The Labute approximate surface area is 271 Å². The number of nitrogens with one attached hydrogen (secondary N) is 1. The largest absolute Gasteiger partial charge is 0.388 e. The summed E-state index contributed by atoms with van der Waals surface area (Å²) in [5.74, 6) is 0.0100. The molecule has 13 heteroatoms. The first kappa shape index (κ1) is 35.2. The molecule has 4 N–H and O–H groups in total. The third-order valence-electron chi connectivity index (χ3n) is 8.21. The number of aliphatic hydroxyl groups is 3. The molecule has 2 aromatic rings. The predicted molar refractivity (Wildman–Crippen MR) is 175 cm³/mol. The Morgan fingerprint density at radius 2 is 1.82 bits per heavy atom. The van der Waals surface area contributed by atoms with E-state index in [9.17, 15) is 24.0 Å². The van der Waals surface area contributed by atoms with Crippen LogP contribution in [0, 0.1) is 5.92 Å². The smallest absolute Gasteiger partial charge is 0.240 e. The monoisotopic (exact) mass is 667 g/mol. The third kappa shape index (κ3) is 8.37. The van der Waals surface area contributed by atoms with E-state index >= 15 is 0 Å². The van der Waals surface area contributed by atoms with Crippen molar-refractivity contribution in [1.29, 1.82) is 0 Å². The number of carbonyl (C=O) groups excluding carboxylic acids is 1. The highest BCUT2D eigenvalue weighted by molar-refractivity contribution is 8.00. The van der Waals surface area contributed by atoms with Crippen LogP contribution in [0.3, 0.4) is 0 Å². The van der Waals surface area contributed by atoms with Gasteiger partial charge in [0, 0.05) is 53.4 Å². The lowest BCUT2D eigenvalue weighted by atomic mass is 9.92. The number of aliphatic hydroxyl groups excluding tert-OH is 3. The average molecular weight is 668 g/mol. The first-order valence-electron chi connectivity index (χ1n) is 14.5. The lowest BCUT2D eigenvalue weighted by Crippen LogP contribution is -2.65. The fourth-order valence-corrected chi connectivity index (χ4v) is 7.79. The van der Waals surface area contributed by atoms with E-state index in [4.69, 9.17) is 9.47 Å². The van der Waals surface area contributed by atoms with Crippen molar-refractivity contribution in [2.24, 2.45) is 5.92 Å². The van der Waals surface area contributed by atoms with Gasteiger partial charge >= 0.3 is 0 Å². The molecule has 9 nitrogen and oxygen atoms in total. The van der Waals surface area contributed by atoms with Gasteiger partial charge in [-0.05, 0) is 49.1 Å². The quantitative estimate of drug-likeness (QED) is 0.245. The van der Waals surface area contributed by atoms with E-state index in [2.05, 4.69) is 16.4 Å². The zero-order valence-corrected chi connectivity index (χ0v) is 27.7. The Morgan fingerprint density at radius 3 is 2.48 bits per heavy atom. The summed E-state index contributed by atoms with van der Waals surface area (Å²) in [6.07, 6.45) is 6.45. The number of halogens is 1. The molecular weight excluding hydrogens is 626 g/mol. The fourth-order valence-electron chi connectivity index (χ4n) is 6.02. The number of carbonyl (C=O) groups is 1. The molecule has 10 atom stereocenters. The van der Waals surface area contributed by atoms with Gasteiger partial charge in [0.25, 0.3) is 0 Å². The molecule has 0 saturated carbocycles. The van der Waals surface area contributed by atoms with Crippen LogP contribution in [0.15, 0.2) is 65.8 Å². The van der Waals surface area contributed by atoms with Crippen LogP contribution in [0.5, 0.6) is 0 Å². The summed E-state index contributed by atoms with van der Waals surface area (Å²) in [7, 11) is 1.93. The zero-order chi connectivity index (χ0) is 31.8. The van der Waals surface area contributed by atoms with Gasteiger partial charge in [-0.15, -0.1) is 23.5 Å². The van der Waals surface area contributed by atoms with E-state index in [0.29, 0.717) is 6.61 Å². The maximum absolute atomic E-state index is 13.9. The number of aromatic nitrogens is 1. The van der Waals surface area contributed by atoms with E-state index < -0.39 is 41.9 Å². The highest BCUT2D eigenvalue weighted by Crippen LogP contribution is 2.35. The number of amides is 1. The number of likely N-dealkylation sites (tertiary alicyclic amines) is 1. The molecule has 3 aliphatic heterocycles. The first-order valence-corrected chi connectivity index (χ1v) is 17.8. The molecule has 3 aliphatic rings. The van der Waals surface area contributed by atoms with Gasteiger partial charge in [-0.2, -0.15) is 3.89 Å². The van der Waals surface area contributed by atoms with E-state index in [1.165, 1.54) is 18.0 Å². The Hall–Kier alpha value is -1.68. The molecule has 4 heterocycles. The number of fused-ring (bicyclic) bond motifs is 1. The van der Waals surface area contributed by atoms with Gasteiger partial charge < -0.3 is 30.1 Å². The highest BCUT2D eigenvalue weighted by atomic mass is 32.2. The van der Waals surface area contributed by atoms with Crippen molar-refractivity contribution in [2.45, 2.75) is 71.5 Å². The molecule has 0 radical (unpaired) electrons. The number of rotatable bonds is 8. The van der Waals surface area contributed by atoms with Crippen molar-refractivity contribution in [3.8, 4) is 11.1 Å². The number of hydrogen-bond donors (Lipinski definition) is 4. The first-order chi connectivity index (χ1) is 21.2.